The summed E-state index contributed by atoms with van der Waals surface area (Å²) in [6, 6.07) is 0. The smallest absolute Gasteiger partial charge is 0.334 e. The Morgan fingerprint density at radius 2 is 1.95 bits per heavy atom. The van der Waals surface area contributed by atoms with Gasteiger partial charge in [0.05, 0.1) is 4.92 Å². The molecule has 0 radical (unpaired) electrons. The minimum absolute atomic E-state index is 0.0396. The highest BCUT2D eigenvalue weighted by Gasteiger charge is 2.35. The summed E-state index contributed by atoms with van der Waals surface area (Å²) >= 11 is 0. The second-order valence-electron chi connectivity index (χ2n) is 6.39. The average Bonchev–Trinajstić information content (AvgIpc) is 2.78. The largest absolute Gasteiger partial charge is 0.351 e. The van der Waals surface area contributed by atoms with Crippen LogP contribution in [0.15, 0.2) is 0 Å². The fourth-order valence-electron chi connectivity index (χ4n) is 2.90. The molecule has 0 atom stereocenters. The first kappa shape index (κ1) is 15.8. The van der Waals surface area contributed by atoms with Gasteiger partial charge in [-0.05, 0) is 26.8 Å². The molecule has 21 heavy (non-hydrogen) atoms. The van der Waals surface area contributed by atoms with E-state index in [1.54, 1.807) is 11.7 Å². The van der Waals surface area contributed by atoms with Crippen molar-refractivity contribution in [2.24, 2.45) is 7.05 Å². The van der Waals surface area contributed by atoms with Gasteiger partial charge >= 0.3 is 5.69 Å². The van der Waals surface area contributed by atoms with Gasteiger partial charge in [-0.1, -0.05) is 13.8 Å². The van der Waals surface area contributed by atoms with Gasteiger partial charge in [-0.25, -0.2) is 4.68 Å². The molecule has 118 valence electrons. The van der Waals surface area contributed by atoms with Crippen LogP contribution in [0.3, 0.4) is 0 Å². The number of hydrogen-bond acceptors (Lipinski definition) is 5. The summed E-state index contributed by atoms with van der Waals surface area (Å²) in [5.41, 5.74) is 0.852. The first-order chi connectivity index (χ1) is 9.79. The number of hydrogen-bond donors (Lipinski definition) is 1. The highest BCUT2D eigenvalue weighted by Crippen LogP contribution is 2.37. The average molecular weight is 295 g/mol. The van der Waals surface area contributed by atoms with Crippen molar-refractivity contribution in [3.8, 4) is 0 Å². The second-order valence-corrected chi connectivity index (χ2v) is 6.39. The molecule has 1 aromatic rings. The van der Waals surface area contributed by atoms with E-state index in [4.69, 9.17) is 0 Å². The number of aromatic nitrogens is 2. The maximum Gasteiger partial charge on any atom is 0.334 e. The fourth-order valence-corrected chi connectivity index (χ4v) is 2.90. The van der Waals surface area contributed by atoms with Crippen LogP contribution in [-0.4, -0.2) is 40.4 Å². The minimum Gasteiger partial charge on any atom is -0.351 e. The second kappa shape index (κ2) is 5.63. The lowest BCUT2D eigenvalue weighted by Gasteiger charge is -2.39. The Labute approximate surface area is 125 Å². The summed E-state index contributed by atoms with van der Waals surface area (Å²) in [7, 11) is 3.76. The zero-order valence-electron chi connectivity index (χ0n) is 13.5. The summed E-state index contributed by atoms with van der Waals surface area (Å²) in [6.45, 7) is 7.67. The molecular formula is C14H25N5O2. The van der Waals surface area contributed by atoms with Crippen LogP contribution in [0.1, 0.15) is 45.2 Å². The number of piperidine rings is 1. The van der Waals surface area contributed by atoms with Gasteiger partial charge in [0.25, 0.3) is 0 Å². The summed E-state index contributed by atoms with van der Waals surface area (Å²) in [5.74, 6) is 0.680. The summed E-state index contributed by atoms with van der Waals surface area (Å²) < 4.78 is 1.66. The molecule has 0 bridgehead atoms. The van der Waals surface area contributed by atoms with Gasteiger partial charge in [-0.2, -0.15) is 5.10 Å². The van der Waals surface area contributed by atoms with Gasteiger partial charge in [0.15, 0.2) is 0 Å². The summed E-state index contributed by atoms with van der Waals surface area (Å²) in [4.78, 5) is 13.3. The van der Waals surface area contributed by atoms with E-state index in [0.717, 1.165) is 25.9 Å². The van der Waals surface area contributed by atoms with Crippen LogP contribution in [0, 0.1) is 10.1 Å². The van der Waals surface area contributed by atoms with E-state index >= 15 is 0 Å². The number of nitrogens with one attached hydrogen (secondary N) is 1. The van der Waals surface area contributed by atoms with Crippen LogP contribution >= 0.6 is 0 Å². The fraction of sp³-hybridized carbons (Fsp3) is 0.786. The molecule has 1 aliphatic heterocycles. The predicted molar refractivity (Wildman–Crippen MR) is 82.9 cm³/mol. The topological polar surface area (TPSA) is 76.2 Å². The maximum atomic E-state index is 11.5. The Balaban J connectivity index is 2.35. The molecule has 2 rings (SSSR count). The highest BCUT2D eigenvalue weighted by molar-refractivity contribution is 5.62. The minimum atomic E-state index is -0.288. The maximum absolute atomic E-state index is 11.5. The molecule has 2 heterocycles. The number of nitrogens with zero attached hydrogens (tertiary/aromatic N) is 4. The van der Waals surface area contributed by atoms with E-state index in [0.29, 0.717) is 11.5 Å². The molecule has 7 nitrogen and oxygen atoms in total. The third-order valence-corrected chi connectivity index (χ3v) is 4.52. The van der Waals surface area contributed by atoms with Crippen LogP contribution in [-0.2, 0) is 7.05 Å². The van der Waals surface area contributed by atoms with Gasteiger partial charge in [-0.3, -0.25) is 10.1 Å². The molecular weight excluding hydrogens is 270 g/mol. The molecule has 1 aliphatic rings. The first-order valence-electron chi connectivity index (χ1n) is 7.44. The van der Waals surface area contributed by atoms with Crippen LogP contribution in [0.4, 0.5) is 11.5 Å². The van der Waals surface area contributed by atoms with Gasteiger partial charge in [0.2, 0.25) is 5.82 Å². The zero-order chi connectivity index (χ0) is 15.8. The molecule has 0 aromatic carbocycles. The van der Waals surface area contributed by atoms with Crippen molar-refractivity contribution in [3.05, 3.63) is 15.8 Å². The lowest BCUT2D eigenvalue weighted by Crippen LogP contribution is -2.50. The molecule has 0 amide bonds. The summed E-state index contributed by atoms with van der Waals surface area (Å²) in [5, 5.41) is 19.2. The van der Waals surface area contributed by atoms with Crippen molar-refractivity contribution in [1.82, 2.24) is 15.1 Å². The molecule has 1 fully saturated rings. The Hall–Kier alpha value is -1.63. The molecule has 0 unspecified atom stereocenters. The third-order valence-electron chi connectivity index (χ3n) is 4.52. The number of rotatable bonds is 4. The van der Waals surface area contributed by atoms with Crippen molar-refractivity contribution in [2.45, 2.75) is 45.1 Å². The van der Waals surface area contributed by atoms with Crippen LogP contribution in [0.5, 0.6) is 0 Å². The standard InChI is InChI=1S/C14H25N5O2/c1-10(2)11-12(19(20)21)13(17(5)16-11)18-8-6-14(3,15-4)7-9-18/h10,15H,6-9H2,1-5H3. The molecule has 1 aromatic heterocycles. The molecule has 7 heteroatoms. The van der Waals surface area contributed by atoms with Gasteiger partial charge in [0.1, 0.15) is 5.69 Å². The molecule has 1 saturated heterocycles. The van der Waals surface area contributed by atoms with E-state index in [1.165, 1.54) is 0 Å². The van der Waals surface area contributed by atoms with Crippen LogP contribution in [0.2, 0.25) is 0 Å². The van der Waals surface area contributed by atoms with E-state index in [-0.39, 0.29) is 22.1 Å². The molecule has 0 saturated carbocycles. The molecule has 0 aliphatic carbocycles. The van der Waals surface area contributed by atoms with Crippen molar-refractivity contribution in [3.63, 3.8) is 0 Å². The van der Waals surface area contributed by atoms with Crippen LogP contribution in [0.25, 0.3) is 0 Å². The van der Waals surface area contributed by atoms with Crippen molar-refractivity contribution < 1.29 is 4.92 Å². The Bertz CT molecular complexity index is 530. The highest BCUT2D eigenvalue weighted by atomic mass is 16.6. The predicted octanol–water partition coefficient (Wildman–Crippen LogP) is 2.03. The number of anilines is 1. The van der Waals surface area contributed by atoms with Gasteiger partial charge in [0, 0.05) is 31.6 Å². The Morgan fingerprint density at radius 1 is 1.38 bits per heavy atom. The van der Waals surface area contributed by atoms with Crippen molar-refractivity contribution >= 4 is 11.5 Å². The summed E-state index contributed by atoms with van der Waals surface area (Å²) in [6.07, 6.45) is 1.92. The first-order valence-corrected chi connectivity index (χ1v) is 7.44. The van der Waals surface area contributed by atoms with E-state index in [2.05, 4.69) is 22.2 Å². The zero-order valence-corrected chi connectivity index (χ0v) is 13.5. The Kier molecular flexibility index (Phi) is 4.22. The molecule has 1 N–H and O–H groups in total. The lowest BCUT2D eigenvalue weighted by atomic mass is 9.90. The van der Waals surface area contributed by atoms with Gasteiger partial charge < -0.3 is 10.2 Å². The van der Waals surface area contributed by atoms with Crippen molar-refractivity contribution in [1.29, 1.82) is 0 Å². The van der Waals surface area contributed by atoms with E-state index in [1.807, 2.05) is 20.9 Å². The normalized spacial score (nSPS) is 18.3. The molecule has 0 spiro atoms. The lowest BCUT2D eigenvalue weighted by molar-refractivity contribution is -0.385. The quantitative estimate of drug-likeness (QED) is 0.679. The van der Waals surface area contributed by atoms with Gasteiger partial charge in [-0.15, -0.1) is 0 Å². The third kappa shape index (κ3) is 2.88. The van der Waals surface area contributed by atoms with E-state index in [9.17, 15) is 10.1 Å². The number of nitro groups is 1. The Morgan fingerprint density at radius 3 is 2.38 bits per heavy atom. The van der Waals surface area contributed by atoms with Crippen molar-refractivity contribution in [2.75, 3.05) is 25.0 Å². The monoisotopic (exact) mass is 295 g/mol. The SMILES string of the molecule is CNC1(C)CCN(c2c([N+](=O)[O-])c(C(C)C)nn2C)CC1. The number of aryl methyl sites for hydroxylation is 1. The van der Waals surface area contributed by atoms with E-state index < -0.39 is 0 Å². The van der Waals surface area contributed by atoms with Crippen LogP contribution < -0.4 is 10.2 Å².